The van der Waals surface area contributed by atoms with Crippen LogP contribution in [0.5, 0.6) is 0 Å². The number of hydrogen-bond acceptors (Lipinski definition) is 5. The lowest BCUT2D eigenvalue weighted by molar-refractivity contribution is 0.602. The number of terminal acetylenes is 1. The van der Waals surface area contributed by atoms with Crippen LogP contribution in [-0.4, -0.2) is 38.2 Å². The predicted octanol–water partition coefficient (Wildman–Crippen LogP) is 1.10. The zero-order valence-corrected chi connectivity index (χ0v) is 11.5. The Morgan fingerprint density at radius 1 is 1.37 bits per heavy atom. The van der Waals surface area contributed by atoms with Crippen LogP contribution in [-0.2, 0) is 9.84 Å². The van der Waals surface area contributed by atoms with Gasteiger partial charge in [0.25, 0.3) is 0 Å². The van der Waals surface area contributed by atoms with E-state index in [4.69, 9.17) is 6.42 Å². The highest BCUT2D eigenvalue weighted by Crippen LogP contribution is 2.24. The SMILES string of the molecule is C#CCN(C)c1ncnc2ccc(S(C)(=O)=O)cc12. The van der Waals surface area contributed by atoms with E-state index in [2.05, 4.69) is 15.9 Å². The largest absolute Gasteiger partial charge is 0.348 e. The summed E-state index contributed by atoms with van der Waals surface area (Å²) >= 11 is 0. The molecule has 98 valence electrons. The van der Waals surface area contributed by atoms with Crippen molar-refractivity contribution in [2.24, 2.45) is 0 Å². The number of rotatable bonds is 3. The zero-order valence-electron chi connectivity index (χ0n) is 10.7. The maximum atomic E-state index is 11.6. The third kappa shape index (κ3) is 2.66. The van der Waals surface area contributed by atoms with Crippen molar-refractivity contribution in [2.45, 2.75) is 4.90 Å². The lowest BCUT2D eigenvalue weighted by Crippen LogP contribution is -2.18. The van der Waals surface area contributed by atoms with Gasteiger partial charge in [0, 0.05) is 18.7 Å². The summed E-state index contributed by atoms with van der Waals surface area (Å²) in [6.45, 7) is 0.384. The Morgan fingerprint density at radius 3 is 2.74 bits per heavy atom. The number of hydrogen-bond donors (Lipinski definition) is 0. The minimum Gasteiger partial charge on any atom is -0.348 e. The van der Waals surface area contributed by atoms with E-state index in [0.29, 0.717) is 23.3 Å². The topological polar surface area (TPSA) is 63.2 Å². The Kier molecular flexibility index (Phi) is 3.40. The van der Waals surface area contributed by atoms with Crippen LogP contribution in [0, 0.1) is 12.3 Å². The van der Waals surface area contributed by atoms with Gasteiger partial charge in [0.2, 0.25) is 0 Å². The second-order valence-corrected chi connectivity index (χ2v) is 6.22. The first kappa shape index (κ1) is 13.3. The fourth-order valence-electron chi connectivity index (χ4n) is 1.77. The van der Waals surface area contributed by atoms with E-state index in [1.54, 1.807) is 24.1 Å². The van der Waals surface area contributed by atoms with E-state index in [1.165, 1.54) is 18.6 Å². The van der Waals surface area contributed by atoms with Gasteiger partial charge in [0.1, 0.15) is 12.1 Å². The summed E-state index contributed by atoms with van der Waals surface area (Å²) < 4.78 is 23.2. The highest BCUT2D eigenvalue weighted by atomic mass is 32.2. The van der Waals surface area contributed by atoms with Crippen LogP contribution in [0.4, 0.5) is 5.82 Å². The van der Waals surface area contributed by atoms with E-state index in [-0.39, 0.29) is 4.90 Å². The monoisotopic (exact) mass is 275 g/mol. The predicted molar refractivity (Wildman–Crippen MR) is 74.8 cm³/mol. The number of anilines is 1. The highest BCUT2D eigenvalue weighted by Gasteiger charge is 2.12. The van der Waals surface area contributed by atoms with Crippen molar-refractivity contribution in [1.29, 1.82) is 0 Å². The molecule has 19 heavy (non-hydrogen) atoms. The Labute approximate surface area is 112 Å². The molecular weight excluding hydrogens is 262 g/mol. The highest BCUT2D eigenvalue weighted by molar-refractivity contribution is 7.90. The van der Waals surface area contributed by atoms with Gasteiger partial charge in [-0.05, 0) is 18.2 Å². The summed E-state index contributed by atoms with van der Waals surface area (Å²) in [6, 6.07) is 4.78. The van der Waals surface area contributed by atoms with Crippen LogP contribution < -0.4 is 4.90 Å². The van der Waals surface area contributed by atoms with Gasteiger partial charge in [-0.1, -0.05) is 5.92 Å². The Hall–Kier alpha value is -2.13. The summed E-state index contributed by atoms with van der Waals surface area (Å²) in [6.07, 6.45) is 7.88. The molecule has 0 saturated carbocycles. The van der Waals surface area contributed by atoms with E-state index in [0.717, 1.165) is 0 Å². The third-order valence-electron chi connectivity index (χ3n) is 2.70. The van der Waals surface area contributed by atoms with Crippen LogP contribution in [0.2, 0.25) is 0 Å². The van der Waals surface area contributed by atoms with Gasteiger partial charge in [-0.3, -0.25) is 0 Å². The number of benzene rings is 1. The van der Waals surface area contributed by atoms with Crippen molar-refractivity contribution >= 4 is 26.6 Å². The second-order valence-electron chi connectivity index (χ2n) is 4.21. The van der Waals surface area contributed by atoms with Crippen molar-refractivity contribution in [1.82, 2.24) is 9.97 Å². The Morgan fingerprint density at radius 2 is 2.11 bits per heavy atom. The lowest BCUT2D eigenvalue weighted by Gasteiger charge is -2.16. The molecule has 0 saturated heterocycles. The molecule has 0 spiro atoms. The lowest BCUT2D eigenvalue weighted by atomic mass is 10.2. The van der Waals surface area contributed by atoms with Crippen LogP contribution in [0.15, 0.2) is 29.4 Å². The molecule has 1 aromatic carbocycles. The van der Waals surface area contributed by atoms with Crippen molar-refractivity contribution in [3.63, 3.8) is 0 Å². The number of fused-ring (bicyclic) bond motifs is 1. The molecule has 0 aliphatic heterocycles. The third-order valence-corrected chi connectivity index (χ3v) is 3.81. The summed E-state index contributed by atoms with van der Waals surface area (Å²) in [5, 5.41) is 0.670. The molecule has 6 heteroatoms. The number of sulfone groups is 1. The van der Waals surface area contributed by atoms with Crippen molar-refractivity contribution in [2.75, 3.05) is 24.7 Å². The normalized spacial score (nSPS) is 11.2. The molecule has 0 atom stereocenters. The van der Waals surface area contributed by atoms with Crippen molar-refractivity contribution in [3.8, 4) is 12.3 Å². The van der Waals surface area contributed by atoms with E-state index < -0.39 is 9.84 Å². The molecule has 2 rings (SSSR count). The fourth-order valence-corrected chi connectivity index (χ4v) is 2.42. The molecule has 0 amide bonds. The molecule has 0 unspecified atom stereocenters. The van der Waals surface area contributed by atoms with Crippen molar-refractivity contribution in [3.05, 3.63) is 24.5 Å². The molecule has 0 bridgehead atoms. The average Bonchev–Trinajstić information content (AvgIpc) is 2.36. The first-order valence-corrected chi connectivity index (χ1v) is 7.42. The summed E-state index contributed by atoms with van der Waals surface area (Å²) in [4.78, 5) is 10.3. The van der Waals surface area contributed by atoms with Gasteiger partial charge in [-0.25, -0.2) is 18.4 Å². The van der Waals surface area contributed by atoms with Gasteiger partial charge >= 0.3 is 0 Å². The van der Waals surface area contributed by atoms with E-state index >= 15 is 0 Å². The fraction of sp³-hybridized carbons (Fsp3) is 0.231. The number of aromatic nitrogens is 2. The van der Waals surface area contributed by atoms with Gasteiger partial charge in [0.15, 0.2) is 9.84 Å². The van der Waals surface area contributed by atoms with Crippen molar-refractivity contribution < 1.29 is 8.42 Å². The van der Waals surface area contributed by atoms with Gasteiger partial charge in [-0.2, -0.15) is 0 Å². The van der Waals surface area contributed by atoms with Crippen LogP contribution >= 0.6 is 0 Å². The smallest absolute Gasteiger partial charge is 0.175 e. The van der Waals surface area contributed by atoms with Crippen LogP contribution in [0.25, 0.3) is 10.9 Å². The minimum absolute atomic E-state index is 0.241. The van der Waals surface area contributed by atoms with Gasteiger partial charge in [-0.15, -0.1) is 6.42 Å². The maximum absolute atomic E-state index is 11.6. The molecule has 0 aliphatic rings. The molecule has 0 aliphatic carbocycles. The molecule has 2 aromatic rings. The first-order valence-electron chi connectivity index (χ1n) is 5.53. The number of nitrogens with zero attached hydrogens (tertiary/aromatic N) is 3. The Bertz CT molecular complexity index is 763. The average molecular weight is 275 g/mol. The van der Waals surface area contributed by atoms with Crippen LogP contribution in [0.1, 0.15) is 0 Å². The minimum atomic E-state index is -3.26. The quantitative estimate of drug-likeness (QED) is 0.785. The molecule has 1 heterocycles. The van der Waals surface area contributed by atoms with E-state index in [1.807, 2.05) is 0 Å². The molecule has 0 radical (unpaired) electrons. The Balaban J connectivity index is 2.69. The zero-order chi connectivity index (χ0) is 14.0. The summed E-state index contributed by atoms with van der Waals surface area (Å²) in [5.74, 6) is 3.14. The summed E-state index contributed by atoms with van der Waals surface area (Å²) in [5.41, 5.74) is 0.682. The maximum Gasteiger partial charge on any atom is 0.175 e. The van der Waals surface area contributed by atoms with E-state index in [9.17, 15) is 8.42 Å². The molecule has 1 aromatic heterocycles. The molecular formula is C13H13N3O2S. The van der Waals surface area contributed by atoms with Gasteiger partial charge < -0.3 is 4.90 Å². The molecule has 0 N–H and O–H groups in total. The van der Waals surface area contributed by atoms with Gasteiger partial charge in [0.05, 0.1) is 17.0 Å². The molecule has 5 nitrogen and oxygen atoms in total. The standard InChI is InChI=1S/C13H13N3O2S/c1-4-7-16(2)13-11-8-10(19(3,17)18)5-6-12(11)14-9-15-13/h1,5-6,8-9H,7H2,2-3H3. The summed E-state index contributed by atoms with van der Waals surface area (Å²) in [7, 11) is -1.46. The first-order chi connectivity index (χ1) is 8.93. The second kappa shape index (κ2) is 4.86. The van der Waals surface area contributed by atoms with Crippen LogP contribution in [0.3, 0.4) is 0 Å². The molecule has 0 fully saturated rings.